The van der Waals surface area contributed by atoms with Crippen LogP contribution in [0.4, 0.5) is 10.5 Å². The molecule has 0 bridgehead atoms. The van der Waals surface area contributed by atoms with Crippen LogP contribution in [0.5, 0.6) is 11.5 Å². The van der Waals surface area contributed by atoms with Crippen molar-refractivity contribution in [1.29, 1.82) is 0 Å². The van der Waals surface area contributed by atoms with E-state index in [0.717, 1.165) is 6.20 Å². The Morgan fingerprint density at radius 2 is 1.61 bits per heavy atom. The second kappa shape index (κ2) is 17.7. The summed E-state index contributed by atoms with van der Waals surface area (Å²) < 4.78 is 5.75. The van der Waals surface area contributed by atoms with Crippen molar-refractivity contribution < 1.29 is 33.5 Å². The minimum Gasteiger partial charge on any atom is -0.457 e. The summed E-state index contributed by atoms with van der Waals surface area (Å²) in [5.41, 5.74) is 17.4. The van der Waals surface area contributed by atoms with Gasteiger partial charge in [-0.15, -0.1) is 0 Å². The lowest BCUT2D eigenvalue weighted by Crippen LogP contribution is -2.63. The zero-order valence-electron chi connectivity index (χ0n) is 27.3. The summed E-state index contributed by atoms with van der Waals surface area (Å²) in [4.78, 5) is 82.6. The van der Waals surface area contributed by atoms with E-state index < -0.39 is 78.0 Å². The number of nitrogens with zero attached hydrogens (tertiary/aromatic N) is 1. The molecule has 14 N–H and O–H groups in total. The van der Waals surface area contributed by atoms with E-state index in [4.69, 9.17) is 33.5 Å². The Bertz CT molecular complexity index is 1690. The number of halogens is 1. The number of ether oxygens (including phenoxy) is 1. The van der Waals surface area contributed by atoms with Gasteiger partial charge in [-0.05, 0) is 61.9 Å². The normalized spacial score (nSPS) is 24.4. The number of amides is 7. The topological polar surface area (TPSA) is 298 Å². The van der Waals surface area contributed by atoms with Crippen LogP contribution in [0.15, 0.2) is 65.4 Å². The van der Waals surface area contributed by atoms with E-state index >= 15 is 0 Å². The first-order chi connectivity index (χ1) is 24.3. The van der Waals surface area contributed by atoms with Gasteiger partial charge in [-0.25, -0.2) is 4.79 Å². The first-order valence-corrected chi connectivity index (χ1v) is 16.0. The molecule has 7 amide bonds. The van der Waals surface area contributed by atoms with Crippen LogP contribution in [0.2, 0.25) is 5.02 Å². The Balaban J connectivity index is 1.55. The van der Waals surface area contributed by atoms with Gasteiger partial charge >= 0.3 is 6.03 Å². The molecule has 5 atom stereocenters. The van der Waals surface area contributed by atoms with E-state index in [0.29, 0.717) is 22.2 Å². The lowest BCUT2D eigenvalue weighted by molar-refractivity contribution is -0.132. The van der Waals surface area contributed by atoms with Crippen molar-refractivity contribution in [3.8, 4) is 11.5 Å². The number of carbonyl (C=O) groups is 6. The van der Waals surface area contributed by atoms with Crippen LogP contribution in [-0.2, 0) is 24.0 Å². The van der Waals surface area contributed by atoms with Gasteiger partial charge in [0.05, 0.1) is 6.04 Å². The fourth-order valence-corrected chi connectivity index (χ4v) is 4.83. The lowest BCUT2D eigenvalue weighted by atomic mass is 10.0. The van der Waals surface area contributed by atoms with Crippen LogP contribution in [0, 0.1) is 0 Å². The lowest BCUT2D eigenvalue weighted by Gasteiger charge is -2.31. The fourth-order valence-electron chi connectivity index (χ4n) is 4.71. The summed E-state index contributed by atoms with van der Waals surface area (Å²) in [5.74, 6) is -3.19. The first kappa shape index (κ1) is 37.9. The number of hydrogen-bond donors (Lipinski definition) is 11. The van der Waals surface area contributed by atoms with Gasteiger partial charge in [0.15, 0.2) is 5.96 Å². The van der Waals surface area contributed by atoms with Gasteiger partial charge in [0.1, 0.15) is 41.4 Å². The van der Waals surface area contributed by atoms with Crippen LogP contribution in [-0.4, -0.2) is 91.4 Å². The van der Waals surface area contributed by atoms with Gasteiger partial charge < -0.3 is 64.5 Å². The number of guanidine groups is 1. The predicted molar refractivity (Wildman–Crippen MR) is 186 cm³/mol. The zero-order chi connectivity index (χ0) is 37.1. The zero-order valence-corrected chi connectivity index (χ0v) is 28.1. The van der Waals surface area contributed by atoms with Crippen molar-refractivity contribution in [3.05, 3.63) is 65.5 Å². The number of urea groups is 1. The van der Waals surface area contributed by atoms with Crippen LogP contribution in [0.25, 0.3) is 0 Å². The number of nitrogens with one attached hydrogen (secondary N) is 8. The monoisotopic (exact) mass is 726 g/mol. The molecule has 2 aliphatic heterocycles. The molecule has 2 aromatic rings. The minimum atomic E-state index is -1.38. The van der Waals surface area contributed by atoms with Gasteiger partial charge in [0.2, 0.25) is 23.6 Å². The number of anilines is 1. The molecule has 51 heavy (non-hydrogen) atoms. The molecule has 2 aromatic carbocycles. The quantitative estimate of drug-likeness (QED) is 0.142. The maximum Gasteiger partial charge on any atom is 0.323 e. The predicted octanol–water partition coefficient (Wildman–Crippen LogP) is -2.22. The summed E-state index contributed by atoms with van der Waals surface area (Å²) in [5, 5.41) is 20.5. The first-order valence-electron chi connectivity index (χ1n) is 15.7. The molecule has 4 rings (SSSR count). The third-order valence-electron chi connectivity index (χ3n) is 7.49. The molecular weight excluding hydrogens is 688 g/mol. The van der Waals surface area contributed by atoms with Crippen LogP contribution in [0.1, 0.15) is 13.3 Å². The number of nitrogens with two attached hydrogens (primary N) is 3. The van der Waals surface area contributed by atoms with Gasteiger partial charge in [-0.2, -0.15) is 0 Å². The molecule has 1 saturated heterocycles. The van der Waals surface area contributed by atoms with E-state index in [1.54, 1.807) is 48.5 Å². The van der Waals surface area contributed by atoms with Crippen molar-refractivity contribution in [2.75, 3.05) is 25.0 Å². The molecule has 0 spiro atoms. The van der Waals surface area contributed by atoms with Gasteiger partial charge in [-0.1, -0.05) is 11.6 Å². The maximum atomic E-state index is 13.7. The number of aliphatic imine (C=N–C) groups is 1. The molecule has 2 unspecified atom stereocenters. The van der Waals surface area contributed by atoms with Crippen molar-refractivity contribution in [2.24, 2.45) is 22.2 Å². The minimum absolute atomic E-state index is 0.0269. The average Bonchev–Trinajstić information content (AvgIpc) is 3.11. The second-order valence-corrected chi connectivity index (χ2v) is 11.8. The molecule has 0 saturated carbocycles. The van der Waals surface area contributed by atoms with Gasteiger partial charge in [0.25, 0.3) is 5.91 Å². The average molecular weight is 727 g/mol. The summed E-state index contributed by atoms with van der Waals surface area (Å²) >= 11 is 5.91. The largest absolute Gasteiger partial charge is 0.457 e. The van der Waals surface area contributed by atoms with Crippen molar-refractivity contribution in [3.63, 3.8) is 0 Å². The highest BCUT2D eigenvalue weighted by Crippen LogP contribution is 2.24. The summed E-state index contributed by atoms with van der Waals surface area (Å²) in [6.07, 6.45) is 1.16. The summed E-state index contributed by atoms with van der Waals surface area (Å²) in [6.45, 7) is 0.818. The van der Waals surface area contributed by atoms with E-state index in [2.05, 4.69) is 47.5 Å². The highest BCUT2D eigenvalue weighted by Gasteiger charge is 2.34. The molecule has 20 heteroatoms. The Labute approximate surface area is 296 Å². The highest BCUT2D eigenvalue weighted by atomic mass is 35.5. The van der Waals surface area contributed by atoms with Crippen LogP contribution in [0.3, 0.4) is 0 Å². The molecule has 0 radical (unpaired) electrons. The van der Waals surface area contributed by atoms with E-state index in [9.17, 15) is 28.8 Å². The highest BCUT2D eigenvalue weighted by molar-refractivity contribution is 6.30. The summed E-state index contributed by atoms with van der Waals surface area (Å²) in [6, 6.07) is 6.38. The Morgan fingerprint density at radius 1 is 0.941 bits per heavy atom. The van der Waals surface area contributed by atoms with Crippen LogP contribution < -0.4 is 64.5 Å². The number of carbonyl (C=O) groups excluding carboxylic acids is 6. The maximum absolute atomic E-state index is 13.7. The van der Waals surface area contributed by atoms with Gasteiger partial charge in [-0.3, -0.25) is 29.0 Å². The second-order valence-electron chi connectivity index (χ2n) is 11.4. The SMILES string of the molecule is C[C@@H]1NC(=O)C(N)CNC(=O)[C@H](C2CCN=C(N)N2)NC(=O)C(=CNC(=O)Nc2ccc(Oc3ccc(Cl)cc3)cc2)NC(=O)[C@H](CN)NC1=O. The Morgan fingerprint density at radius 3 is 2.25 bits per heavy atom. The van der Waals surface area contributed by atoms with E-state index in [-0.39, 0.29) is 25.5 Å². The molecular formula is C31H39ClN12O7. The van der Waals surface area contributed by atoms with E-state index in [1.165, 1.54) is 6.92 Å². The van der Waals surface area contributed by atoms with Crippen molar-refractivity contribution in [1.82, 2.24) is 37.2 Å². The van der Waals surface area contributed by atoms with Crippen molar-refractivity contribution in [2.45, 2.75) is 43.6 Å². The number of hydrogen-bond acceptors (Lipinski definition) is 12. The standard InChI is InChI=1S/C31H39ClN12O7/c1-15-25(45)41-22(12-33)27(47)42-23(14-38-31(50)40-17-4-8-19(9-5-17)51-18-6-2-16(32)3-7-18)28(48)44-24(21-10-11-36-30(35)43-21)29(49)37-13-20(34)26(46)39-15/h2-9,14-15,20-22,24H,10-13,33-34H2,1H3,(H,37,49)(H,39,46)(H,41,45)(H,42,47)(H,44,48)(H3,35,36,43)(H2,38,40,50)/t15-,20?,21?,22-,24-/m0/s1. The molecule has 2 heterocycles. The van der Waals surface area contributed by atoms with Crippen LogP contribution >= 0.6 is 11.6 Å². The smallest absolute Gasteiger partial charge is 0.323 e. The Hall–Kier alpha value is -5.92. The Kier molecular flexibility index (Phi) is 13.1. The van der Waals surface area contributed by atoms with Gasteiger partial charge in [0, 0.05) is 36.5 Å². The fraction of sp³-hybridized carbons (Fsp3) is 0.323. The number of benzene rings is 2. The molecule has 0 aliphatic carbocycles. The summed E-state index contributed by atoms with van der Waals surface area (Å²) in [7, 11) is 0. The van der Waals surface area contributed by atoms with Crippen molar-refractivity contribution >= 4 is 58.8 Å². The molecule has 19 nitrogen and oxygen atoms in total. The molecule has 0 aromatic heterocycles. The third-order valence-corrected chi connectivity index (χ3v) is 7.74. The third kappa shape index (κ3) is 11.0. The molecule has 1 fully saturated rings. The molecule has 272 valence electrons. The van der Waals surface area contributed by atoms with E-state index in [1.807, 2.05) is 0 Å². The molecule has 2 aliphatic rings. The number of rotatable bonds is 6.